The third-order valence-corrected chi connectivity index (χ3v) is 2.72. The summed E-state index contributed by atoms with van der Waals surface area (Å²) in [5.41, 5.74) is 7.93. The molecule has 0 aromatic heterocycles. The average Bonchev–Trinajstić information content (AvgIpc) is 2.03. The third-order valence-electron chi connectivity index (χ3n) is 2.03. The monoisotopic (exact) mass is 279 g/mol. The Bertz CT molecular complexity index is 304. The molecule has 14 heavy (non-hydrogen) atoms. The largest absolute Gasteiger partial charge is 0.391 e. The van der Waals surface area contributed by atoms with Crippen molar-refractivity contribution in [3.63, 3.8) is 0 Å². The van der Waals surface area contributed by atoms with E-state index in [1.165, 1.54) is 5.56 Å². The second-order valence-electron chi connectivity index (χ2n) is 3.29. The van der Waals surface area contributed by atoms with Crippen molar-refractivity contribution >= 4 is 28.3 Å². The summed E-state index contributed by atoms with van der Waals surface area (Å²) >= 11 is 3.42. The van der Waals surface area contributed by atoms with E-state index in [1.807, 2.05) is 25.1 Å². The van der Waals surface area contributed by atoms with Gasteiger partial charge in [-0.15, -0.1) is 12.4 Å². The van der Waals surface area contributed by atoms with Crippen LogP contribution in [0.25, 0.3) is 0 Å². The highest BCUT2D eigenvalue weighted by atomic mass is 79.9. The zero-order valence-corrected chi connectivity index (χ0v) is 10.6. The van der Waals surface area contributed by atoms with Gasteiger partial charge in [0.2, 0.25) is 0 Å². The van der Waals surface area contributed by atoms with Crippen molar-refractivity contribution in [3.05, 3.63) is 33.8 Å². The van der Waals surface area contributed by atoms with Gasteiger partial charge < -0.3 is 10.8 Å². The average molecular weight is 281 g/mol. The van der Waals surface area contributed by atoms with Crippen LogP contribution in [0.15, 0.2) is 22.7 Å². The molecular weight excluding hydrogens is 265 g/mol. The van der Waals surface area contributed by atoms with Crippen LogP contribution in [-0.2, 0) is 0 Å². The van der Waals surface area contributed by atoms with Crippen LogP contribution in [-0.4, -0.2) is 11.2 Å². The number of aryl methyl sites for hydroxylation is 1. The molecule has 80 valence electrons. The van der Waals surface area contributed by atoms with Gasteiger partial charge in [0.25, 0.3) is 0 Å². The van der Waals surface area contributed by atoms with Gasteiger partial charge in [0.1, 0.15) is 0 Å². The maximum Gasteiger partial charge on any atom is 0.0705 e. The zero-order valence-electron chi connectivity index (χ0n) is 8.20. The van der Waals surface area contributed by atoms with Gasteiger partial charge in [0, 0.05) is 4.47 Å². The lowest BCUT2D eigenvalue weighted by Crippen LogP contribution is -2.23. The summed E-state index contributed by atoms with van der Waals surface area (Å²) in [7, 11) is 0. The molecule has 1 aromatic rings. The molecule has 4 heteroatoms. The third kappa shape index (κ3) is 3.24. The van der Waals surface area contributed by atoms with E-state index >= 15 is 0 Å². The number of aliphatic hydroxyl groups is 1. The van der Waals surface area contributed by atoms with Crippen molar-refractivity contribution in [2.45, 2.75) is 26.0 Å². The number of benzene rings is 1. The van der Waals surface area contributed by atoms with Crippen LogP contribution in [0.1, 0.15) is 24.1 Å². The summed E-state index contributed by atoms with van der Waals surface area (Å²) < 4.78 is 0.959. The van der Waals surface area contributed by atoms with Gasteiger partial charge in [-0.2, -0.15) is 0 Å². The predicted molar refractivity (Wildman–Crippen MR) is 64.7 cm³/mol. The van der Waals surface area contributed by atoms with Crippen molar-refractivity contribution < 1.29 is 5.11 Å². The molecule has 1 rings (SSSR count). The van der Waals surface area contributed by atoms with E-state index in [1.54, 1.807) is 6.92 Å². The Morgan fingerprint density at radius 2 is 2.00 bits per heavy atom. The van der Waals surface area contributed by atoms with E-state index in [0.717, 1.165) is 10.0 Å². The summed E-state index contributed by atoms with van der Waals surface area (Å²) in [4.78, 5) is 0. The SMILES string of the molecule is Cc1ccc([C@@H](N)[C@H](C)O)c(Br)c1.Cl. The first-order valence-electron chi connectivity index (χ1n) is 4.22. The van der Waals surface area contributed by atoms with Crippen molar-refractivity contribution in [2.24, 2.45) is 5.73 Å². The Morgan fingerprint density at radius 1 is 1.43 bits per heavy atom. The molecule has 0 saturated carbocycles. The number of hydrogen-bond acceptors (Lipinski definition) is 2. The molecule has 0 spiro atoms. The van der Waals surface area contributed by atoms with Crippen LogP contribution in [0.5, 0.6) is 0 Å². The Hall–Kier alpha value is -0.0900. The minimum absolute atomic E-state index is 0. The second kappa shape index (κ2) is 5.71. The van der Waals surface area contributed by atoms with Crippen LogP contribution in [0.4, 0.5) is 0 Å². The Kier molecular flexibility index (Phi) is 5.67. The van der Waals surface area contributed by atoms with Crippen LogP contribution >= 0.6 is 28.3 Å². The summed E-state index contributed by atoms with van der Waals surface area (Å²) in [5, 5.41) is 9.32. The topological polar surface area (TPSA) is 46.2 Å². The molecule has 3 N–H and O–H groups in total. The smallest absolute Gasteiger partial charge is 0.0705 e. The molecule has 0 saturated heterocycles. The molecule has 0 amide bonds. The molecule has 0 aliphatic rings. The molecule has 2 nitrogen and oxygen atoms in total. The van der Waals surface area contributed by atoms with E-state index in [0.29, 0.717) is 0 Å². The standard InChI is InChI=1S/C10H14BrNO.ClH/c1-6-3-4-8(9(11)5-6)10(12)7(2)13;/h3-5,7,10,13H,12H2,1-2H3;1H/t7-,10-;/m0./s1. The summed E-state index contributed by atoms with van der Waals surface area (Å²) in [6, 6.07) is 5.60. The highest BCUT2D eigenvalue weighted by molar-refractivity contribution is 9.10. The lowest BCUT2D eigenvalue weighted by Gasteiger charge is -2.16. The molecule has 0 heterocycles. The van der Waals surface area contributed by atoms with E-state index in [2.05, 4.69) is 15.9 Å². The fourth-order valence-corrected chi connectivity index (χ4v) is 1.92. The predicted octanol–water partition coefficient (Wildman–Crippen LogP) is 2.56. The summed E-state index contributed by atoms with van der Waals surface area (Å²) in [5.74, 6) is 0. The lowest BCUT2D eigenvalue weighted by atomic mass is 10.0. The Balaban J connectivity index is 0.00000169. The molecule has 1 aromatic carbocycles. The van der Waals surface area contributed by atoms with Crippen molar-refractivity contribution in [3.8, 4) is 0 Å². The fourth-order valence-electron chi connectivity index (χ4n) is 1.16. The van der Waals surface area contributed by atoms with Crippen LogP contribution in [0.3, 0.4) is 0 Å². The molecular formula is C10H15BrClNO. The summed E-state index contributed by atoms with van der Waals surface area (Å²) in [6.45, 7) is 3.71. The normalized spacial score (nSPS) is 14.4. The maximum absolute atomic E-state index is 9.32. The van der Waals surface area contributed by atoms with Crippen LogP contribution < -0.4 is 5.73 Å². The van der Waals surface area contributed by atoms with Crippen molar-refractivity contribution in [2.75, 3.05) is 0 Å². The first kappa shape index (κ1) is 13.9. The molecule has 2 atom stereocenters. The number of aliphatic hydroxyl groups excluding tert-OH is 1. The van der Waals surface area contributed by atoms with Gasteiger partial charge in [-0.05, 0) is 31.0 Å². The lowest BCUT2D eigenvalue weighted by molar-refractivity contribution is 0.164. The number of halogens is 2. The van der Waals surface area contributed by atoms with Gasteiger partial charge in [-0.3, -0.25) is 0 Å². The number of rotatable bonds is 2. The van der Waals surface area contributed by atoms with Gasteiger partial charge in [0.05, 0.1) is 12.1 Å². The van der Waals surface area contributed by atoms with E-state index in [9.17, 15) is 5.11 Å². The quantitative estimate of drug-likeness (QED) is 0.874. The van der Waals surface area contributed by atoms with Gasteiger partial charge in [-0.25, -0.2) is 0 Å². The Labute approximate surface area is 99.0 Å². The Morgan fingerprint density at radius 3 is 2.43 bits per heavy atom. The molecule has 0 fully saturated rings. The number of nitrogens with two attached hydrogens (primary N) is 1. The van der Waals surface area contributed by atoms with Gasteiger partial charge in [0.15, 0.2) is 0 Å². The maximum atomic E-state index is 9.32. The van der Waals surface area contributed by atoms with E-state index < -0.39 is 6.10 Å². The minimum atomic E-state index is -0.529. The molecule has 0 radical (unpaired) electrons. The first-order chi connectivity index (χ1) is 6.02. The highest BCUT2D eigenvalue weighted by Gasteiger charge is 2.14. The number of hydrogen-bond donors (Lipinski definition) is 2. The van der Waals surface area contributed by atoms with E-state index in [-0.39, 0.29) is 18.4 Å². The minimum Gasteiger partial charge on any atom is -0.391 e. The van der Waals surface area contributed by atoms with Crippen molar-refractivity contribution in [1.29, 1.82) is 0 Å². The molecule has 0 bridgehead atoms. The second-order valence-corrected chi connectivity index (χ2v) is 4.15. The van der Waals surface area contributed by atoms with Gasteiger partial charge in [-0.1, -0.05) is 28.1 Å². The van der Waals surface area contributed by atoms with E-state index in [4.69, 9.17) is 5.73 Å². The van der Waals surface area contributed by atoms with Crippen LogP contribution in [0, 0.1) is 6.92 Å². The van der Waals surface area contributed by atoms with Crippen molar-refractivity contribution in [1.82, 2.24) is 0 Å². The molecule has 0 aliphatic carbocycles. The summed E-state index contributed by atoms with van der Waals surface area (Å²) in [6.07, 6.45) is -0.529. The molecule has 0 unspecified atom stereocenters. The highest BCUT2D eigenvalue weighted by Crippen LogP contribution is 2.24. The fraction of sp³-hybridized carbons (Fsp3) is 0.400. The zero-order chi connectivity index (χ0) is 10.0. The van der Waals surface area contributed by atoms with Crippen LogP contribution in [0.2, 0.25) is 0 Å². The first-order valence-corrected chi connectivity index (χ1v) is 5.01. The van der Waals surface area contributed by atoms with Gasteiger partial charge >= 0.3 is 0 Å². The molecule has 0 aliphatic heterocycles.